The minimum atomic E-state index is -0.311. The SMILES string of the molecule is COc1cc2c(cc1-c1ccc(OCC3CC3)nc1)CC(C)(C)C2NC(=O)O[C@H]1CN2CCC1CC2. The lowest BCUT2D eigenvalue weighted by molar-refractivity contribution is -0.0349. The van der Waals surface area contributed by atoms with Crippen LogP contribution in [0.5, 0.6) is 11.6 Å². The van der Waals surface area contributed by atoms with Crippen molar-refractivity contribution >= 4 is 6.09 Å². The largest absolute Gasteiger partial charge is 0.496 e. The molecular weight excluding hydrogens is 454 g/mol. The Morgan fingerprint density at radius 3 is 2.61 bits per heavy atom. The summed E-state index contributed by atoms with van der Waals surface area (Å²) >= 11 is 0. The van der Waals surface area contributed by atoms with Gasteiger partial charge < -0.3 is 19.5 Å². The molecule has 0 spiro atoms. The number of hydrogen-bond donors (Lipinski definition) is 1. The van der Waals surface area contributed by atoms with Crippen molar-refractivity contribution in [1.82, 2.24) is 15.2 Å². The van der Waals surface area contributed by atoms with Crippen molar-refractivity contribution < 1.29 is 19.0 Å². The molecule has 0 radical (unpaired) electrons. The van der Waals surface area contributed by atoms with Crippen LogP contribution in [0.1, 0.15) is 56.7 Å². The number of fused-ring (bicyclic) bond motifs is 4. The lowest BCUT2D eigenvalue weighted by atomic mass is 9.85. The Labute approximate surface area is 213 Å². The predicted octanol–water partition coefficient (Wildman–Crippen LogP) is 4.99. The standard InChI is InChI=1S/C29H37N3O4/c1-29(2)14-21-12-22(20-6-7-26(30-15-20)35-17-18-4-5-18)24(34-3)13-23(21)27(29)31-28(33)36-25-16-32-10-8-19(25)9-11-32/h6-7,12-13,15,18-19,25,27H,4-5,8-11,14,16-17H2,1-3H3,(H,31,33)/t25-,27?/m0/s1. The number of hydrogen-bond acceptors (Lipinski definition) is 6. The van der Waals surface area contributed by atoms with E-state index in [9.17, 15) is 4.79 Å². The third-order valence-corrected chi connectivity index (χ3v) is 8.53. The first-order chi connectivity index (χ1) is 17.4. The highest BCUT2D eigenvalue weighted by molar-refractivity contribution is 5.74. The highest BCUT2D eigenvalue weighted by Crippen LogP contribution is 2.48. The number of benzene rings is 1. The van der Waals surface area contributed by atoms with E-state index in [0.29, 0.717) is 17.7 Å². The molecule has 7 nitrogen and oxygen atoms in total. The van der Waals surface area contributed by atoms with E-state index in [4.69, 9.17) is 14.2 Å². The molecule has 36 heavy (non-hydrogen) atoms. The molecule has 4 heterocycles. The summed E-state index contributed by atoms with van der Waals surface area (Å²) in [5, 5.41) is 3.21. The topological polar surface area (TPSA) is 72.9 Å². The number of pyridine rings is 1. The highest BCUT2D eigenvalue weighted by atomic mass is 16.6. The van der Waals surface area contributed by atoms with Gasteiger partial charge in [0.05, 0.1) is 19.8 Å². The molecule has 1 N–H and O–H groups in total. The first-order valence-electron chi connectivity index (χ1n) is 13.4. The van der Waals surface area contributed by atoms with Crippen LogP contribution in [0.15, 0.2) is 30.5 Å². The molecule has 1 amide bonds. The number of nitrogens with one attached hydrogen (secondary N) is 1. The Kier molecular flexibility index (Phi) is 6.06. The van der Waals surface area contributed by atoms with Gasteiger partial charge in [0.1, 0.15) is 11.9 Å². The second kappa shape index (κ2) is 9.25. The van der Waals surface area contributed by atoms with Crippen molar-refractivity contribution in [3.63, 3.8) is 0 Å². The summed E-state index contributed by atoms with van der Waals surface area (Å²) in [5.74, 6) is 2.63. The van der Waals surface area contributed by atoms with Gasteiger partial charge in [0.2, 0.25) is 5.88 Å². The van der Waals surface area contributed by atoms with Crippen molar-refractivity contribution in [2.24, 2.45) is 17.3 Å². The smallest absolute Gasteiger partial charge is 0.407 e. The van der Waals surface area contributed by atoms with E-state index in [2.05, 4.69) is 41.2 Å². The summed E-state index contributed by atoms with van der Waals surface area (Å²) < 4.78 is 17.6. The number of nitrogens with zero attached hydrogens (tertiary/aromatic N) is 2. The molecule has 1 aromatic heterocycles. The van der Waals surface area contributed by atoms with E-state index in [-0.39, 0.29) is 23.7 Å². The lowest BCUT2D eigenvalue weighted by Gasteiger charge is -2.44. The van der Waals surface area contributed by atoms with Gasteiger partial charge in [-0.25, -0.2) is 9.78 Å². The van der Waals surface area contributed by atoms with Crippen LogP contribution in [0.3, 0.4) is 0 Å². The molecule has 1 unspecified atom stereocenters. The van der Waals surface area contributed by atoms with Gasteiger partial charge in [-0.2, -0.15) is 0 Å². The second-order valence-corrected chi connectivity index (χ2v) is 11.7. The Hall–Kier alpha value is -2.80. The van der Waals surface area contributed by atoms with Crippen LogP contribution in [0.25, 0.3) is 11.1 Å². The van der Waals surface area contributed by atoms with Gasteiger partial charge >= 0.3 is 6.09 Å². The van der Waals surface area contributed by atoms with Crippen molar-refractivity contribution in [1.29, 1.82) is 0 Å². The molecule has 2 bridgehead atoms. The minimum Gasteiger partial charge on any atom is -0.496 e. The Morgan fingerprint density at radius 2 is 1.97 bits per heavy atom. The number of methoxy groups -OCH3 is 1. The van der Waals surface area contributed by atoms with Crippen LogP contribution in [0, 0.1) is 17.3 Å². The molecule has 3 saturated heterocycles. The molecule has 4 fully saturated rings. The number of ether oxygens (including phenoxy) is 3. The molecule has 1 saturated carbocycles. The molecule has 5 aliphatic rings. The number of carbonyl (C=O) groups excluding carboxylic acids is 1. The fourth-order valence-electron chi connectivity index (χ4n) is 6.19. The van der Waals surface area contributed by atoms with Gasteiger partial charge in [-0.3, -0.25) is 4.90 Å². The van der Waals surface area contributed by atoms with E-state index in [1.165, 1.54) is 18.4 Å². The number of amides is 1. The molecule has 2 aliphatic carbocycles. The van der Waals surface area contributed by atoms with Gasteiger partial charge in [0.25, 0.3) is 0 Å². The Morgan fingerprint density at radius 1 is 1.17 bits per heavy atom. The Bertz CT molecular complexity index is 1120. The van der Waals surface area contributed by atoms with Crippen LogP contribution < -0.4 is 14.8 Å². The third-order valence-electron chi connectivity index (χ3n) is 8.53. The summed E-state index contributed by atoms with van der Waals surface area (Å²) in [4.78, 5) is 19.9. The zero-order chi connectivity index (χ0) is 24.9. The number of carbonyl (C=O) groups is 1. The zero-order valence-electron chi connectivity index (χ0n) is 21.6. The normalized spacial score (nSPS) is 27.9. The summed E-state index contributed by atoms with van der Waals surface area (Å²) in [7, 11) is 1.69. The van der Waals surface area contributed by atoms with Gasteiger partial charge in [0.15, 0.2) is 0 Å². The van der Waals surface area contributed by atoms with E-state index in [0.717, 1.165) is 67.9 Å². The maximum Gasteiger partial charge on any atom is 0.407 e. The maximum atomic E-state index is 13.0. The number of alkyl carbamates (subject to hydrolysis) is 1. The van der Waals surface area contributed by atoms with Crippen molar-refractivity contribution in [2.75, 3.05) is 33.4 Å². The molecule has 1 aromatic carbocycles. The first-order valence-corrected chi connectivity index (χ1v) is 13.4. The van der Waals surface area contributed by atoms with E-state index < -0.39 is 0 Å². The van der Waals surface area contributed by atoms with Crippen LogP contribution in [0.2, 0.25) is 0 Å². The average molecular weight is 492 g/mol. The van der Waals surface area contributed by atoms with Crippen molar-refractivity contribution in [3.8, 4) is 22.8 Å². The van der Waals surface area contributed by atoms with Gasteiger partial charge in [-0.15, -0.1) is 0 Å². The third kappa shape index (κ3) is 4.65. The van der Waals surface area contributed by atoms with Gasteiger partial charge in [0, 0.05) is 29.9 Å². The molecular formula is C29H37N3O4. The molecule has 3 aliphatic heterocycles. The van der Waals surface area contributed by atoms with Crippen molar-refractivity contribution in [3.05, 3.63) is 41.6 Å². The first kappa shape index (κ1) is 23.6. The fourth-order valence-corrected chi connectivity index (χ4v) is 6.19. The molecule has 7 rings (SSSR count). The molecule has 2 atom stereocenters. The highest BCUT2D eigenvalue weighted by Gasteiger charge is 2.42. The van der Waals surface area contributed by atoms with E-state index in [1.54, 1.807) is 7.11 Å². The summed E-state index contributed by atoms with van der Waals surface area (Å²) in [5.41, 5.74) is 4.17. The quantitative estimate of drug-likeness (QED) is 0.588. The number of aromatic nitrogens is 1. The number of piperidine rings is 3. The second-order valence-electron chi connectivity index (χ2n) is 11.7. The summed E-state index contributed by atoms with van der Waals surface area (Å²) in [6.07, 6.45) is 7.16. The predicted molar refractivity (Wildman–Crippen MR) is 137 cm³/mol. The fraction of sp³-hybridized carbons (Fsp3) is 0.586. The maximum absolute atomic E-state index is 13.0. The van der Waals surface area contributed by atoms with E-state index in [1.807, 2.05) is 18.3 Å². The Balaban J connectivity index is 1.20. The van der Waals surface area contributed by atoms with Crippen LogP contribution >= 0.6 is 0 Å². The van der Waals surface area contributed by atoms with Crippen LogP contribution in [-0.4, -0.2) is 55.4 Å². The van der Waals surface area contributed by atoms with Gasteiger partial charge in [-0.05, 0) is 91.8 Å². The van der Waals surface area contributed by atoms with Crippen LogP contribution in [-0.2, 0) is 11.2 Å². The molecule has 7 heteroatoms. The summed E-state index contributed by atoms with van der Waals surface area (Å²) in [6.45, 7) is 8.27. The molecule has 192 valence electrons. The minimum absolute atomic E-state index is 0.00266. The lowest BCUT2D eigenvalue weighted by Crippen LogP contribution is -2.53. The van der Waals surface area contributed by atoms with Crippen molar-refractivity contribution in [2.45, 2.75) is 58.1 Å². The monoisotopic (exact) mass is 491 g/mol. The van der Waals surface area contributed by atoms with Gasteiger partial charge in [-0.1, -0.05) is 13.8 Å². The van der Waals surface area contributed by atoms with Crippen LogP contribution in [0.4, 0.5) is 4.79 Å². The zero-order valence-corrected chi connectivity index (χ0v) is 21.6. The van der Waals surface area contributed by atoms with E-state index >= 15 is 0 Å². The number of rotatable bonds is 7. The average Bonchev–Trinajstić information content (AvgIpc) is 3.68. The summed E-state index contributed by atoms with van der Waals surface area (Å²) in [6, 6.07) is 8.11. The molecule has 2 aromatic rings.